The van der Waals surface area contributed by atoms with Gasteiger partial charge in [-0.15, -0.1) is 0 Å². The Balaban J connectivity index is 3.46. The molecule has 0 rings (SSSR count). The largest absolute Gasteiger partial charge is 0.215 e. The minimum Gasteiger partial charge on any atom is -0.215 e. The van der Waals surface area contributed by atoms with Crippen LogP contribution in [0.1, 0.15) is 52.9 Å². The summed E-state index contributed by atoms with van der Waals surface area (Å²) >= 11 is 0. The maximum absolute atomic E-state index is 11.3. The molecule has 14 heavy (non-hydrogen) atoms. The van der Waals surface area contributed by atoms with E-state index in [1.807, 2.05) is 0 Å². The molecule has 0 bridgehead atoms. The molecule has 0 saturated carbocycles. The first kappa shape index (κ1) is 13.9. The van der Waals surface area contributed by atoms with Gasteiger partial charge >= 0.3 is 0 Å². The van der Waals surface area contributed by atoms with Crippen molar-refractivity contribution in [3.05, 3.63) is 0 Å². The second kappa shape index (κ2) is 7.23. The van der Waals surface area contributed by atoms with E-state index in [1.165, 1.54) is 19.3 Å². The molecule has 4 heteroatoms. The normalized spacial score (nSPS) is 12.3. The Bertz CT molecular complexity index is 222. The van der Waals surface area contributed by atoms with Gasteiger partial charge < -0.3 is 0 Å². The maximum Gasteiger partial charge on any atom is 0.213 e. The zero-order chi connectivity index (χ0) is 11.0. The molecule has 0 aromatic carbocycles. The van der Waals surface area contributed by atoms with Crippen LogP contribution in [0.25, 0.3) is 0 Å². The monoisotopic (exact) mass is 221 g/mol. The fourth-order valence-electron chi connectivity index (χ4n) is 1.11. The van der Waals surface area contributed by atoms with Crippen molar-refractivity contribution in [3.8, 4) is 0 Å². The van der Waals surface area contributed by atoms with Crippen LogP contribution in [0.15, 0.2) is 0 Å². The molecule has 0 atom stereocenters. The van der Waals surface area contributed by atoms with Crippen LogP contribution in [0.5, 0.6) is 0 Å². The highest BCUT2D eigenvalue weighted by Crippen LogP contribution is 2.02. The van der Waals surface area contributed by atoms with Crippen LogP contribution in [0.3, 0.4) is 0 Å². The highest BCUT2D eigenvalue weighted by Gasteiger charge is 2.13. The van der Waals surface area contributed by atoms with Crippen molar-refractivity contribution in [1.29, 1.82) is 0 Å². The second-order valence-corrected chi connectivity index (χ2v) is 6.22. The molecular weight excluding hydrogens is 198 g/mol. The third kappa shape index (κ3) is 6.38. The molecule has 0 aliphatic rings. The quantitative estimate of drug-likeness (QED) is 0.639. The molecule has 0 spiro atoms. The number of hydrogen-bond acceptors (Lipinski definition) is 2. The Hall–Kier alpha value is -0.0900. The van der Waals surface area contributed by atoms with Crippen molar-refractivity contribution in [2.45, 2.75) is 58.1 Å². The Kier molecular flexibility index (Phi) is 7.19. The molecule has 0 radical (unpaired) electrons. The maximum atomic E-state index is 11.3. The third-order valence-electron chi connectivity index (χ3n) is 2.20. The highest BCUT2D eigenvalue weighted by atomic mass is 32.2. The van der Waals surface area contributed by atoms with E-state index in [9.17, 15) is 8.42 Å². The van der Waals surface area contributed by atoms with Gasteiger partial charge in [0.15, 0.2) is 0 Å². The summed E-state index contributed by atoms with van der Waals surface area (Å²) < 4.78 is 25.2. The SMILES string of the molecule is CCCCCCCNS(=O)(=O)C(C)C. The zero-order valence-electron chi connectivity index (χ0n) is 9.54. The second-order valence-electron chi connectivity index (χ2n) is 3.90. The van der Waals surface area contributed by atoms with Crippen molar-refractivity contribution in [2.75, 3.05) is 6.54 Å². The number of hydrogen-bond donors (Lipinski definition) is 1. The zero-order valence-corrected chi connectivity index (χ0v) is 10.4. The lowest BCUT2D eigenvalue weighted by molar-refractivity contribution is 0.563. The molecule has 0 aromatic rings. The number of sulfonamides is 1. The first-order valence-electron chi connectivity index (χ1n) is 5.49. The lowest BCUT2D eigenvalue weighted by atomic mass is 10.2. The summed E-state index contributed by atoms with van der Waals surface area (Å²) in [6.45, 7) is 6.14. The van der Waals surface area contributed by atoms with Crippen molar-refractivity contribution >= 4 is 10.0 Å². The van der Waals surface area contributed by atoms with E-state index in [0.717, 1.165) is 12.8 Å². The minimum atomic E-state index is -3.04. The van der Waals surface area contributed by atoms with Crippen LogP contribution in [-0.2, 0) is 10.0 Å². The van der Waals surface area contributed by atoms with Gasteiger partial charge in [0.25, 0.3) is 0 Å². The van der Waals surface area contributed by atoms with Gasteiger partial charge in [-0.1, -0.05) is 32.6 Å². The molecule has 0 aromatic heterocycles. The molecule has 0 fully saturated rings. The van der Waals surface area contributed by atoms with Crippen LogP contribution in [0.4, 0.5) is 0 Å². The van der Waals surface area contributed by atoms with Crippen LogP contribution >= 0.6 is 0 Å². The van der Waals surface area contributed by atoms with Gasteiger partial charge in [0.05, 0.1) is 5.25 Å². The van der Waals surface area contributed by atoms with Crippen molar-refractivity contribution in [3.63, 3.8) is 0 Å². The fraction of sp³-hybridized carbons (Fsp3) is 1.00. The molecule has 0 heterocycles. The van der Waals surface area contributed by atoms with Gasteiger partial charge in [-0.05, 0) is 20.3 Å². The smallest absolute Gasteiger partial charge is 0.213 e. The van der Waals surface area contributed by atoms with E-state index in [4.69, 9.17) is 0 Å². The van der Waals surface area contributed by atoms with Gasteiger partial charge in [-0.2, -0.15) is 0 Å². The van der Waals surface area contributed by atoms with Gasteiger partial charge in [-0.25, -0.2) is 13.1 Å². The molecule has 3 nitrogen and oxygen atoms in total. The molecule has 0 amide bonds. The van der Waals surface area contributed by atoms with Gasteiger partial charge in [-0.3, -0.25) is 0 Å². The van der Waals surface area contributed by atoms with E-state index >= 15 is 0 Å². The van der Waals surface area contributed by atoms with Crippen LogP contribution in [0, 0.1) is 0 Å². The number of rotatable bonds is 8. The minimum absolute atomic E-state index is 0.321. The van der Waals surface area contributed by atoms with Crippen molar-refractivity contribution < 1.29 is 8.42 Å². The van der Waals surface area contributed by atoms with E-state index in [2.05, 4.69) is 11.6 Å². The summed E-state index contributed by atoms with van der Waals surface area (Å²) in [7, 11) is -3.04. The Morgan fingerprint density at radius 3 is 2.14 bits per heavy atom. The molecule has 0 aliphatic heterocycles. The molecule has 0 saturated heterocycles. The van der Waals surface area contributed by atoms with E-state index < -0.39 is 10.0 Å². The number of unbranched alkanes of at least 4 members (excludes halogenated alkanes) is 4. The van der Waals surface area contributed by atoms with Crippen LogP contribution < -0.4 is 4.72 Å². The standard InChI is InChI=1S/C10H23NO2S/c1-4-5-6-7-8-9-11-14(12,13)10(2)3/h10-11H,4-9H2,1-3H3. The lowest BCUT2D eigenvalue weighted by Crippen LogP contribution is -2.31. The summed E-state index contributed by atoms with van der Waals surface area (Å²) in [5.74, 6) is 0. The first-order chi connectivity index (χ1) is 6.50. The molecular formula is C10H23NO2S. The Labute approximate surface area is 88.3 Å². The fourth-order valence-corrected chi connectivity index (χ4v) is 1.87. The highest BCUT2D eigenvalue weighted by molar-refractivity contribution is 7.90. The summed E-state index contributed by atoms with van der Waals surface area (Å²) in [5.41, 5.74) is 0. The third-order valence-corrected chi connectivity index (χ3v) is 4.05. The van der Waals surface area contributed by atoms with Crippen LogP contribution in [0.2, 0.25) is 0 Å². The van der Waals surface area contributed by atoms with Gasteiger partial charge in [0.1, 0.15) is 0 Å². The van der Waals surface area contributed by atoms with E-state index in [0.29, 0.717) is 6.54 Å². The predicted molar refractivity (Wildman–Crippen MR) is 60.8 cm³/mol. The summed E-state index contributed by atoms with van der Waals surface area (Å²) in [6.07, 6.45) is 5.75. The van der Waals surface area contributed by atoms with Crippen molar-refractivity contribution in [2.24, 2.45) is 0 Å². The van der Waals surface area contributed by atoms with Gasteiger partial charge in [0.2, 0.25) is 10.0 Å². The van der Waals surface area contributed by atoms with E-state index in [1.54, 1.807) is 13.8 Å². The molecule has 0 unspecified atom stereocenters. The Morgan fingerprint density at radius 2 is 1.64 bits per heavy atom. The summed E-state index contributed by atoms with van der Waals surface area (Å²) in [4.78, 5) is 0. The van der Waals surface area contributed by atoms with Crippen molar-refractivity contribution in [1.82, 2.24) is 4.72 Å². The lowest BCUT2D eigenvalue weighted by Gasteiger charge is -2.08. The van der Waals surface area contributed by atoms with Crippen LogP contribution in [-0.4, -0.2) is 20.2 Å². The molecule has 86 valence electrons. The topological polar surface area (TPSA) is 46.2 Å². The molecule has 1 N–H and O–H groups in total. The Morgan fingerprint density at radius 1 is 1.07 bits per heavy atom. The number of nitrogens with one attached hydrogen (secondary N) is 1. The summed E-state index contributed by atoms with van der Waals surface area (Å²) in [5, 5.41) is -0.321. The van der Waals surface area contributed by atoms with Gasteiger partial charge in [0, 0.05) is 6.54 Å². The van der Waals surface area contributed by atoms with E-state index in [-0.39, 0.29) is 5.25 Å². The average molecular weight is 221 g/mol. The molecule has 0 aliphatic carbocycles. The first-order valence-corrected chi connectivity index (χ1v) is 7.03. The average Bonchev–Trinajstić information content (AvgIpc) is 2.10. The predicted octanol–water partition coefficient (Wildman–Crippen LogP) is 2.28. The summed E-state index contributed by atoms with van der Waals surface area (Å²) in [6, 6.07) is 0.